The zero-order valence-electron chi connectivity index (χ0n) is 17.4. The summed E-state index contributed by atoms with van der Waals surface area (Å²) >= 11 is 0. The van der Waals surface area contributed by atoms with Crippen LogP contribution >= 0.6 is 0 Å². The number of aliphatic hydroxyl groups is 1. The molecule has 0 radical (unpaired) electrons. The molecule has 1 saturated carbocycles. The fourth-order valence-electron chi connectivity index (χ4n) is 4.93. The van der Waals surface area contributed by atoms with Gasteiger partial charge in [-0.15, -0.1) is 0 Å². The van der Waals surface area contributed by atoms with Gasteiger partial charge in [-0.3, -0.25) is 9.59 Å². The lowest BCUT2D eigenvalue weighted by molar-refractivity contribution is -0.119. The van der Waals surface area contributed by atoms with E-state index in [1.807, 2.05) is 18.2 Å². The summed E-state index contributed by atoms with van der Waals surface area (Å²) < 4.78 is 0. The number of aliphatic hydroxyl groups excluding tert-OH is 1. The van der Waals surface area contributed by atoms with E-state index in [1.165, 1.54) is 24.3 Å². The minimum absolute atomic E-state index is 0.00635. The maximum Gasteiger partial charge on any atom is 0.268 e. The Morgan fingerprint density at radius 3 is 2.63 bits per heavy atom. The molecule has 30 heavy (non-hydrogen) atoms. The summed E-state index contributed by atoms with van der Waals surface area (Å²) in [6, 6.07) is 8.80. The van der Waals surface area contributed by atoms with E-state index in [0.717, 1.165) is 38.6 Å². The van der Waals surface area contributed by atoms with Crippen molar-refractivity contribution in [3.8, 4) is 0 Å². The summed E-state index contributed by atoms with van der Waals surface area (Å²) in [6.07, 6.45) is 8.08. The van der Waals surface area contributed by atoms with Gasteiger partial charge in [0.25, 0.3) is 11.8 Å². The van der Waals surface area contributed by atoms with E-state index in [4.69, 9.17) is 0 Å². The molecule has 0 unspecified atom stereocenters. The van der Waals surface area contributed by atoms with Gasteiger partial charge in [-0.2, -0.15) is 10.1 Å². The van der Waals surface area contributed by atoms with E-state index < -0.39 is 6.10 Å². The number of para-hydroxylation sites is 1. The topological polar surface area (TPSA) is 94.0 Å². The maximum absolute atomic E-state index is 13.0. The predicted molar refractivity (Wildman–Crippen MR) is 116 cm³/mol. The number of nitrogens with zero attached hydrogens (tertiary/aromatic N) is 2. The molecule has 0 bridgehead atoms. The Morgan fingerprint density at radius 1 is 1.17 bits per heavy atom. The fourth-order valence-corrected chi connectivity index (χ4v) is 4.93. The molecule has 2 amide bonds. The van der Waals surface area contributed by atoms with Crippen LogP contribution in [0, 0.1) is 5.92 Å². The van der Waals surface area contributed by atoms with Gasteiger partial charge in [0.1, 0.15) is 5.71 Å². The quantitative estimate of drug-likeness (QED) is 0.641. The molecule has 0 spiro atoms. The first kappa shape index (κ1) is 21.0. The zero-order valence-corrected chi connectivity index (χ0v) is 17.4. The van der Waals surface area contributed by atoms with Crippen LogP contribution in [0.4, 0.5) is 5.69 Å². The van der Waals surface area contributed by atoms with Gasteiger partial charge in [0, 0.05) is 6.04 Å². The third-order valence-electron chi connectivity index (χ3n) is 6.59. The average molecular weight is 413 g/mol. The number of benzene rings is 1. The maximum atomic E-state index is 13.0. The third-order valence-corrected chi connectivity index (χ3v) is 6.59. The highest BCUT2D eigenvalue weighted by atomic mass is 16.3. The minimum atomic E-state index is -0.638. The first-order valence-corrected chi connectivity index (χ1v) is 11.3. The zero-order chi connectivity index (χ0) is 20.9. The SMILES string of the molecule is O=C(N[C@@H](CC1CCCCC1)[C@H](O)[C@H]1CCCN1)C1=NN(c2ccccc2)C(=O)C1. The Labute approximate surface area is 177 Å². The molecule has 4 rings (SSSR count). The Hall–Kier alpha value is -2.25. The van der Waals surface area contributed by atoms with E-state index in [2.05, 4.69) is 15.7 Å². The van der Waals surface area contributed by atoms with Crippen molar-refractivity contribution in [3.05, 3.63) is 30.3 Å². The molecule has 7 nitrogen and oxygen atoms in total. The molecule has 3 atom stereocenters. The number of hydrazone groups is 1. The summed E-state index contributed by atoms with van der Waals surface area (Å²) in [5.41, 5.74) is 0.864. The van der Waals surface area contributed by atoms with Crippen LogP contribution in [0.2, 0.25) is 0 Å². The van der Waals surface area contributed by atoms with Crippen molar-refractivity contribution >= 4 is 23.2 Å². The number of amides is 2. The average Bonchev–Trinajstić information content (AvgIpc) is 3.44. The molecular formula is C23H32N4O3. The molecular weight excluding hydrogens is 380 g/mol. The van der Waals surface area contributed by atoms with Crippen LogP contribution in [0.3, 0.4) is 0 Å². The van der Waals surface area contributed by atoms with Crippen molar-refractivity contribution in [2.24, 2.45) is 11.0 Å². The van der Waals surface area contributed by atoms with E-state index in [-0.39, 0.29) is 36.0 Å². The lowest BCUT2D eigenvalue weighted by atomic mass is 9.82. The lowest BCUT2D eigenvalue weighted by Crippen LogP contribution is -2.53. The molecule has 7 heteroatoms. The molecule has 1 aliphatic carbocycles. The highest BCUT2D eigenvalue weighted by molar-refractivity contribution is 6.44. The monoisotopic (exact) mass is 412 g/mol. The fraction of sp³-hybridized carbons (Fsp3) is 0.609. The van der Waals surface area contributed by atoms with Crippen LogP contribution in [0.1, 0.15) is 57.8 Å². The Balaban J connectivity index is 1.45. The standard InChI is InChI=1S/C23H32N4O3/c28-21-15-20(26-27(21)17-10-5-2-6-11-17)23(30)25-19(14-16-8-3-1-4-9-16)22(29)18-12-7-13-24-18/h2,5-6,10-11,16,18-19,22,24,29H,1,3-4,7-9,12-15H2,(H,25,30)/t18-,19+,22-/m1/s1. The van der Waals surface area contributed by atoms with Crippen molar-refractivity contribution in [3.63, 3.8) is 0 Å². The number of anilines is 1. The van der Waals surface area contributed by atoms with Crippen LogP contribution < -0.4 is 15.6 Å². The number of hydrogen-bond acceptors (Lipinski definition) is 5. The molecule has 162 valence electrons. The van der Waals surface area contributed by atoms with E-state index in [9.17, 15) is 14.7 Å². The summed E-state index contributed by atoms with van der Waals surface area (Å²) in [7, 11) is 0. The Kier molecular flexibility index (Phi) is 6.79. The van der Waals surface area contributed by atoms with Crippen LogP contribution in [0.5, 0.6) is 0 Å². The Morgan fingerprint density at radius 2 is 1.93 bits per heavy atom. The number of nitrogens with one attached hydrogen (secondary N) is 2. The molecule has 3 aliphatic rings. The first-order valence-electron chi connectivity index (χ1n) is 11.3. The van der Waals surface area contributed by atoms with Crippen molar-refractivity contribution in [2.45, 2.75) is 76.0 Å². The van der Waals surface area contributed by atoms with Gasteiger partial charge in [0.15, 0.2) is 0 Å². The molecule has 1 saturated heterocycles. The minimum Gasteiger partial charge on any atom is -0.389 e. The first-order chi connectivity index (χ1) is 14.6. The second kappa shape index (κ2) is 9.71. The molecule has 2 aliphatic heterocycles. The molecule has 1 aromatic carbocycles. The van der Waals surface area contributed by atoms with Crippen molar-refractivity contribution < 1.29 is 14.7 Å². The summed E-state index contributed by atoms with van der Waals surface area (Å²) in [5, 5.41) is 23.0. The number of rotatable bonds is 7. The molecule has 0 aromatic heterocycles. The third kappa shape index (κ3) is 4.90. The second-order valence-electron chi connectivity index (χ2n) is 8.78. The number of hydrogen-bond donors (Lipinski definition) is 3. The van der Waals surface area contributed by atoms with Crippen LogP contribution in [-0.4, -0.2) is 47.4 Å². The van der Waals surface area contributed by atoms with E-state index in [0.29, 0.717) is 11.6 Å². The summed E-state index contributed by atoms with van der Waals surface area (Å²) in [5.74, 6) is -0.0408. The van der Waals surface area contributed by atoms with Gasteiger partial charge >= 0.3 is 0 Å². The van der Waals surface area contributed by atoms with Crippen molar-refractivity contribution in [1.82, 2.24) is 10.6 Å². The van der Waals surface area contributed by atoms with Crippen LogP contribution in [-0.2, 0) is 9.59 Å². The van der Waals surface area contributed by atoms with Crippen LogP contribution in [0.15, 0.2) is 35.4 Å². The number of carbonyl (C=O) groups excluding carboxylic acids is 2. The van der Waals surface area contributed by atoms with E-state index in [1.54, 1.807) is 12.1 Å². The predicted octanol–water partition coefficient (Wildman–Crippen LogP) is 2.35. The second-order valence-corrected chi connectivity index (χ2v) is 8.78. The van der Waals surface area contributed by atoms with Gasteiger partial charge in [0.2, 0.25) is 0 Å². The lowest BCUT2D eigenvalue weighted by Gasteiger charge is -2.32. The highest BCUT2D eigenvalue weighted by Gasteiger charge is 2.35. The van der Waals surface area contributed by atoms with Gasteiger partial charge in [-0.05, 0) is 43.9 Å². The van der Waals surface area contributed by atoms with E-state index >= 15 is 0 Å². The summed E-state index contributed by atoms with van der Waals surface area (Å²) in [6.45, 7) is 0.902. The van der Waals surface area contributed by atoms with Gasteiger partial charge in [-0.1, -0.05) is 50.3 Å². The summed E-state index contributed by atoms with van der Waals surface area (Å²) in [4.78, 5) is 25.4. The van der Waals surface area contributed by atoms with Gasteiger partial charge < -0.3 is 15.7 Å². The molecule has 1 aromatic rings. The van der Waals surface area contributed by atoms with Crippen molar-refractivity contribution in [2.75, 3.05) is 11.6 Å². The van der Waals surface area contributed by atoms with Crippen molar-refractivity contribution in [1.29, 1.82) is 0 Å². The largest absolute Gasteiger partial charge is 0.389 e. The number of carbonyl (C=O) groups is 2. The smallest absolute Gasteiger partial charge is 0.268 e. The molecule has 2 fully saturated rings. The van der Waals surface area contributed by atoms with Gasteiger partial charge in [-0.25, -0.2) is 0 Å². The Bertz CT molecular complexity index is 770. The highest BCUT2D eigenvalue weighted by Crippen LogP contribution is 2.29. The van der Waals surface area contributed by atoms with Crippen LogP contribution in [0.25, 0.3) is 0 Å². The van der Waals surface area contributed by atoms with Gasteiger partial charge in [0.05, 0.1) is 24.3 Å². The molecule has 2 heterocycles. The normalized spacial score (nSPS) is 24.6. The molecule has 3 N–H and O–H groups in total.